The molecule has 1 heterocycles. The van der Waals surface area contributed by atoms with Crippen molar-refractivity contribution in [3.63, 3.8) is 0 Å². The molecule has 0 spiro atoms. The van der Waals surface area contributed by atoms with Crippen molar-refractivity contribution >= 4 is 16.9 Å². The zero-order valence-electron chi connectivity index (χ0n) is 11.2. The fourth-order valence-corrected chi connectivity index (χ4v) is 2.15. The van der Waals surface area contributed by atoms with Crippen LogP contribution in [0.15, 0.2) is 34.1 Å². The number of nitrogens with zero attached hydrogens (tertiary/aromatic N) is 1. The maximum absolute atomic E-state index is 12.8. The molecule has 0 unspecified atom stereocenters. The van der Waals surface area contributed by atoms with E-state index in [0.717, 1.165) is 6.26 Å². The standard InChI is InChI=1S/C13H7F6NO2S/c1-6(21)23-11-20-10(5-22-11)7-2-8(12(14,15)16)4-9(3-7)13(17,18)19/h2-5H,1H3. The van der Waals surface area contributed by atoms with E-state index in [1.807, 2.05) is 0 Å². The number of rotatable bonds is 2. The van der Waals surface area contributed by atoms with Crippen molar-refractivity contribution in [2.45, 2.75) is 24.5 Å². The number of aromatic nitrogens is 1. The van der Waals surface area contributed by atoms with Crippen LogP contribution in [0.3, 0.4) is 0 Å². The van der Waals surface area contributed by atoms with Gasteiger partial charge in [-0.3, -0.25) is 4.79 Å². The number of carbonyl (C=O) groups excluding carboxylic acids is 1. The highest BCUT2D eigenvalue weighted by Gasteiger charge is 2.37. The lowest BCUT2D eigenvalue weighted by Crippen LogP contribution is -2.11. The summed E-state index contributed by atoms with van der Waals surface area (Å²) in [5.74, 6) is 0. The second-order valence-corrected chi connectivity index (χ2v) is 5.52. The minimum absolute atomic E-state index is 0.0226. The molecule has 0 aliphatic carbocycles. The van der Waals surface area contributed by atoms with E-state index in [4.69, 9.17) is 4.42 Å². The number of carbonyl (C=O) groups is 1. The van der Waals surface area contributed by atoms with Crippen LogP contribution < -0.4 is 0 Å². The largest absolute Gasteiger partial charge is 0.439 e. The summed E-state index contributed by atoms with van der Waals surface area (Å²) < 4.78 is 81.5. The Bertz CT molecular complexity index is 703. The number of halogens is 6. The van der Waals surface area contributed by atoms with E-state index in [2.05, 4.69) is 4.98 Å². The van der Waals surface area contributed by atoms with Gasteiger partial charge >= 0.3 is 12.4 Å². The molecule has 2 aromatic rings. The molecule has 0 N–H and O–H groups in total. The van der Waals surface area contributed by atoms with Crippen LogP contribution in [0.1, 0.15) is 18.1 Å². The summed E-state index contributed by atoms with van der Waals surface area (Å²) in [6.45, 7) is 1.21. The fourth-order valence-electron chi connectivity index (χ4n) is 1.66. The topological polar surface area (TPSA) is 43.1 Å². The Balaban J connectivity index is 2.53. The van der Waals surface area contributed by atoms with Crippen LogP contribution in [0, 0.1) is 0 Å². The smallest absolute Gasteiger partial charge is 0.416 e. The zero-order valence-corrected chi connectivity index (χ0v) is 12.1. The lowest BCUT2D eigenvalue weighted by atomic mass is 10.0. The molecule has 0 fully saturated rings. The first-order valence-electron chi connectivity index (χ1n) is 5.90. The van der Waals surface area contributed by atoms with Crippen molar-refractivity contribution in [2.75, 3.05) is 0 Å². The maximum atomic E-state index is 12.8. The molecule has 0 aliphatic heterocycles. The maximum Gasteiger partial charge on any atom is 0.416 e. The third kappa shape index (κ3) is 4.27. The SMILES string of the molecule is CC(=O)Sc1nc(-c2cc(C(F)(F)F)cc(C(F)(F)F)c2)co1. The average Bonchev–Trinajstić information content (AvgIpc) is 2.83. The Hall–Kier alpha value is -1.97. The highest BCUT2D eigenvalue weighted by Crippen LogP contribution is 2.38. The van der Waals surface area contributed by atoms with Gasteiger partial charge in [-0.25, -0.2) is 4.98 Å². The molecular weight excluding hydrogens is 348 g/mol. The number of thioether (sulfide) groups is 1. The summed E-state index contributed by atoms with van der Waals surface area (Å²) in [5.41, 5.74) is -3.55. The highest BCUT2D eigenvalue weighted by molar-refractivity contribution is 8.13. The molecule has 2 rings (SSSR count). The number of hydrogen-bond acceptors (Lipinski definition) is 4. The normalized spacial score (nSPS) is 12.5. The van der Waals surface area contributed by atoms with E-state index in [1.165, 1.54) is 6.92 Å². The Kier molecular flexibility index (Phi) is 4.47. The van der Waals surface area contributed by atoms with Crippen LogP contribution in [-0.4, -0.2) is 10.1 Å². The number of hydrogen-bond donors (Lipinski definition) is 0. The summed E-state index contributed by atoms with van der Waals surface area (Å²) in [4.78, 5) is 14.6. The van der Waals surface area contributed by atoms with Crippen LogP contribution in [-0.2, 0) is 17.1 Å². The van der Waals surface area contributed by atoms with Gasteiger partial charge in [0.25, 0.3) is 5.22 Å². The van der Waals surface area contributed by atoms with E-state index in [9.17, 15) is 31.1 Å². The quantitative estimate of drug-likeness (QED) is 0.561. The summed E-state index contributed by atoms with van der Waals surface area (Å²) >= 11 is 0.572. The van der Waals surface area contributed by atoms with Gasteiger partial charge < -0.3 is 4.42 Å². The second-order valence-electron chi connectivity index (χ2n) is 4.39. The second kappa shape index (κ2) is 5.91. The fraction of sp³-hybridized carbons (Fsp3) is 0.231. The van der Waals surface area contributed by atoms with Crippen LogP contribution in [0.2, 0.25) is 0 Å². The summed E-state index contributed by atoms with van der Waals surface area (Å²) in [6.07, 6.45) is -9.01. The van der Waals surface area contributed by atoms with Crippen LogP contribution in [0.4, 0.5) is 26.3 Å². The minimum atomic E-state index is -4.95. The highest BCUT2D eigenvalue weighted by atomic mass is 32.2. The molecule has 0 saturated heterocycles. The predicted octanol–water partition coefficient (Wildman–Crippen LogP) is 5.02. The minimum Gasteiger partial charge on any atom is -0.439 e. The third-order valence-corrected chi connectivity index (χ3v) is 3.25. The van der Waals surface area contributed by atoms with Crippen molar-refractivity contribution in [3.05, 3.63) is 35.6 Å². The molecule has 10 heteroatoms. The molecule has 124 valence electrons. The first-order chi connectivity index (χ1) is 10.5. The third-order valence-electron chi connectivity index (χ3n) is 2.60. The van der Waals surface area contributed by atoms with Crippen LogP contribution >= 0.6 is 11.8 Å². The molecular formula is C13H7F6NO2S. The van der Waals surface area contributed by atoms with E-state index < -0.39 is 34.2 Å². The van der Waals surface area contributed by atoms with E-state index >= 15 is 0 Å². The number of benzene rings is 1. The van der Waals surface area contributed by atoms with Gasteiger partial charge in [0.1, 0.15) is 12.0 Å². The lowest BCUT2D eigenvalue weighted by Gasteiger charge is -2.13. The van der Waals surface area contributed by atoms with E-state index in [0.29, 0.717) is 23.9 Å². The molecule has 1 aromatic heterocycles. The van der Waals surface area contributed by atoms with Crippen molar-refractivity contribution in [1.29, 1.82) is 0 Å². The lowest BCUT2D eigenvalue weighted by molar-refractivity contribution is -0.143. The monoisotopic (exact) mass is 355 g/mol. The van der Waals surface area contributed by atoms with E-state index in [-0.39, 0.29) is 17.0 Å². The molecule has 0 radical (unpaired) electrons. The summed E-state index contributed by atoms with van der Waals surface area (Å²) in [5, 5.41) is -0.558. The Morgan fingerprint density at radius 2 is 1.57 bits per heavy atom. The van der Waals surface area contributed by atoms with Gasteiger partial charge in [0.15, 0.2) is 5.12 Å². The zero-order chi connectivity index (χ0) is 17.4. The molecule has 0 atom stereocenters. The molecule has 0 aliphatic rings. The molecule has 0 amide bonds. The van der Waals surface area contributed by atoms with Crippen molar-refractivity contribution in [1.82, 2.24) is 4.98 Å². The van der Waals surface area contributed by atoms with Crippen LogP contribution in [0.5, 0.6) is 0 Å². The molecule has 0 saturated carbocycles. The van der Waals surface area contributed by atoms with Gasteiger partial charge in [-0.05, 0) is 18.2 Å². The van der Waals surface area contributed by atoms with Gasteiger partial charge in [0, 0.05) is 24.2 Å². The van der Waals surface area contributed by atoms with Crippen molar-refractivity contribution in [2.24, 2.45) is 0 Å². The first-order valence-corrected chi connectivity index (χ1v) is 6.72. The van der Waals surface area contributed by atoms with Gasteiger partial charge in [0.05, 0.1) is 11.1 Å². The first kappa shape index (κ1) is 17.4. The van der Waals surface area contributed by atoms with Crippen molar-refractivity contribution in [3.8, 4) is 11.3 Å². The molecule has 1 aromatic carbocycles. The Morgan fingerprint density at radius 1 is 1.04 bits per heavy atom. The summed E-state index contributed by atoms with van der Waals surface area (Å²) in [7, 11) is 0. The van der Waals surface area contributed by atoms with Gasteiger partial charge in [-0.2, -0.15) is 26.3 Å². The molecule has 23 heavy (non-hydrogen) atoms. The summed E-state index contributed by atoms with van der Waals surface area (Å²) in [6, 6.07) is 1.10. The molecule has 3 nitrogen and oxygen atoms in total. The van der Waals surface area contributed by atoms with Gasteiger partial charge in [-0.1, -0.05) is 0 Å². The molecule has 0 bridgehead atoms. The Labute approximate surface area is 129 Å². The van der Waals surface area contributed by atoms with Crippen molar-refractivity contribution < 1.29 is 35.6 Å². The average molecular weight is 355 g/mol. The number of oxazole rings is 1. The van der Waals surface area contributed by atoms with Gasteiger partial charge in [0.2, 0.25) is 0 Å². The Morgan fingerprint density at radius 3 is 2.00 bits per heavy atom. The number of alkyl halides is 6. The predicted molar refractivity (Wildman–Crippen MR) is 68.5 cm³/mol. The van der Waals surface area contributed by atoms with Crippen LogP contribution in [0.25, 0.3) is 11.3 Å². The van der Waals surface area contributed by atoms with E-state index in [1.54, 1.807) is 0 Å². The van der Waals surface area contributed by atoms with Gasteiger partial charge in [-0.15, -0.1) is 0 Å².